The van der Waals surface area contributed by atoms with Crippen LogP contribution >= 0.6 is 0 Å². The average Bonchev–Trinajstić information content (AvgIpc) is 3.26. The first-order valence-electron chi connectivity index (χ1n) is 15.3. The Balaban J connectivity index is 1.36. The first kappa shape index (κ1) is 31.3. The van der Waals surface area contributed by atoms with Gasteiger partial charge in [0.25, 0.3) is 11.8 Å². The highest BCUT2D eigenvalue weighted by Gasteiger charge is 2.28. The van der Waals surface area contributed by atoms with E-state index in [2.05, 4.69) is 21.6 Å². The van der Waals surface area contributed by atoms with Crippen LogP contribution in [0.1, 0.15) is 75.6 Å². The zero-order valence-electron chi connectivity index (χ0n) is 25.3. The Bertz CT molecular complexity index is 1610. The Kier molecular flexibility index (Phi) is 9.78. The highest BCUT2D eigenvalue weighted by atomic mass is 16.4. The summed E-state index contributed by atoms with van der Waals surface area (Å²) in [5.74, 6) is -1.73. The van der Waals surface area contributed by atoms with E-state index in [4.69, 9.17) is 5.26 Å². The Hall–Kier alpha value is -5.17. The molecule has 1 heterocycles. The molecule has 1 saturated carbocycles. The summed E-state index contributed by atoms with van der Waals surface area (Å²) in [6.07, 6.45) is 3.08. The van der Waals surface area contributed by atoms with Crippen LogP contribution < -0.4 is 15.5 Å². The number of aliphatic carboxylic acids is 1. The average molecular weight is 608 g/mol. The topological polar surface area (TPSA) is 143 Å². The van der Waals surface area contributed by atoms with Crippen molar-refractivity contribution in [3.05, 3.63) is 94.5 Å². The SMILES string of the molecule is Cc1ccc(C(CC(=O)O)NC(=O)c2ccc(N3CCCN(C(=O)c4ccc(C#N)cc4)CC3)c(NC(=O)C3CCC3)c2)cc1. The van der Waals surface area contributed by atoms with Crippen molar-refractivity contribution in [2.24, 2.45) is 5.92 Å². The lowest BCUT2D eigenvalue weighted by atomic mass is 9.85. The van der Waals surface area contributed by atoms with Gasteiger partial charge in [-0.15, -0.1) is 0 Å². The molecule has 45 heavy (non-hydrogen) atoms. The van der Waals surface area contributed by atoms with Crippen molar-refractivity contribution in [2.45, 2.75) is 45.1 Å². The summed E-state index contributed by atoms with van der Waals surface area (Å²) < 4.78 is 0. The summed E-state index contributed by atoms with van der Waals surface area (Å²) in [6.45, 7) is 4.12. The van der Waals surface area contributed by atoms with Crippen molar-refractivity contribution < 1.29 is 24.3 Å². The minimum atomic E-state index is -1.03. The third-order valence-electron chi connectivity index (χ3n) is 8.54. The summed E-state index contributed by atoms with van der Waals surface area (Å²) in [7, 11) is 0. The van der Waals surface area contributed by atoms with Crippen molar-refractivity contribution in [1.82, 2.24) is 10.2 Å². The van der Waals surface area contributed by atoms with Crippen LogP contribution in [0.25, 0.3) is 0 Å². The number of aryl methyl sites for hydroxylation is 1. The molecule has 3 aromatic rings. The molecule has 2 fully saturated rings. The summed E-state index contributed by atoms with van der Waals surface area (Å²) in [5.41, 5.74) is 4.31. The molecule has 10 heteroatoms. The third kappa shape index (κ3) is 7.68. The summed E-state index contributed by atoms with van der Waals surface area (Å²) in [5, 5.41) is 24.5. The number of nitriles is 1. The standard InChI is InChI=1S/C35H37N5O5/c1-23-6-10-25(11-7-23)29(21-32(41)42)37-34(44)28-14-15-31(30(20-28)38-33(43)26-4-2-5-26)39-16-3-17-40(19-18-39)35(45)27-12-8-24(22-36)9-13-27/h6-15,20,26,29H,2-5,16-19,21H2,1H3,(H,37,44)(H,38,43)(H,41,42). The van der Waals surface area contributed by atoms with Crippen LogP contribution in [0.3, 0.4) is 0 Å². The number of anilines is 2. The second kappa shape index (κ2) is 14.1. The minimum Gasteiger partial charge on any atom is -0.481 e. The minimum absolute atomic E-state index is 0.0681. The van der Waals surface area contributed by atoms with Crippen LogP contribution in [0.4, 0.5) is 11.4 Å². The number of hydrogen-bond donors (Lipinski definition) is 3. The van der Waals surface area contributed by atoms with E-state index in [0.29, 0.717) is 60.5 Å². The van der Waals surface area contributed by atoms with Gasteiger partial charge in [-0.05, 0) is 74.2 Å². The second-order valence-corrected chi connectivity index (χ2v) is 11.7. The number of amides is 3. The van der Waals surface area contributed by atoms with Gasteiger partial charge in [-0.2, -0.15) is 5.26 Å². The van der Waals surface area contributed by atoms with Gasteiger partial charge in [-0.1, -0.05) is 36.2 Å². The Morgan fingerprint density at radius 1 is 0.911 bits per heavy atom. The number of carbonyl (C=O) groups excluding carboxylic acids is 3. The molecule has 1 aliphatic heterocycles. The van der Waals surface area contributed by atoms with E-state index in [1.165, 1.54) is 0 Å². The predicted octanol–water partition coefficient (Wildman–Crippen LogP) is 4.90. The van der Waals surface area contributed by atoms with E-state index in [1.54, 1.807) is 41.3 Å². The van der Waals surface area contributed by atoms with E-state index < -0.39 is 17.9 Å². The molecule has 232 valence electrons. The maximum atomic E-state index is 13.5. The van der Waals surface area contributed by atoms with Crippen molar-refractivity contribution >= 4 is 35.1 Å². The lowest BCUT2D eigenvalue weighted by Gasteiger charge is -2.29. The fourth-order valence-electron chi connectivity index (χ4n) is 5.66. The maximum Gasteiger partial charge on any atom is 0.305 e. The first-order chi connectivity index (χ1) is 21.7. The monoisotopic (exact) mass is 607 g/mol. The van der Waals surface area contributed by atoms with Gasteiger partial charge in [0.1, 0.15) is 0 Å². The highest BCUT2D eigenvalue weighted by molar-refractivity contribution is 6.01. The number of carbonyl (C=O) groups is 4. The van der Waals surface area contributed by atoms with Crippen LogP contribution in [0, 0.1) is 24.2 Å². The molecule has 0 spiro atoms. The number of rotatable bonds is 9. The van der Waals surface area contributed by atoms with Gasteiger partial charge in [-0.25, -0.2) is 0 Å². The maximum absolute atomic E-state index is 13.5. The van der Waals surface area contributed by atoms with Gasteiger partial charge in [0.15, 0.2) is 0 Å². The lowest BCUT2D eigenvalue weighted by molar-refractivity contribution is -0.137. The van der Waals surface area contributed by atoms with Crippen LogP contribution in [-0.2, 0) is 9.59 Å². The predicted molar refractivity (Wildman–Crippen MR) is 170 cm³/mol. The number of benzene rings is 3. The molecule has 3 N–H and O–H groups in total. The number of hydrogen-bond acceptors (Lipinski definition) is 6. The molecule has 0 aromatic heterocycles. The van der Waals surface area contributed by atoms with Crippen LogP contribution in [0.5, 0.6) is 0 Å². The molecule has 3 aromatic carbocycles. The second-order valence-electron chi connectivity index (χ2n) is 11.7. The number of carboxylic acid groups (broad SMARTS) is 1. The van der Waals surface area contributed by atoms with Crippen LogP contribution in [-0.4, -0.2) is 59.9 Å². The van der Waals surface area contributed by atoms with E-state index >= 15 is 0 Å². The normalized spacial score (nSPS) is 15.6. The van der Waals surface area contributed by atoms with Gasteiger partial charge in [0.05, 0.1) is 35.5 Å². The van der Waals surface area contributed by atoms with E-state index in [9.17, 15) is 24.3 Å². The molecule has 3 amide bonds. The highest BCUT2D eigenvalue weighted by Crippen LogP contribution is 2.33. The lowest BCUT2D eigenvalue weighted by Crippen LogP contribution is -2.35. The Labute approximate surface area is 262 Å². The van der Waals surface area contributed by atoms with E-state index in [1.807, 2.05) is 37.3 Å². The Morgan fingerprint density at radius 3 is 2.27 bits per heavy atom. The number of nitrogens with zero attached hydrogens (tertiary/aromatic N) is 3. The van der Waals surface area contributed by atoms with Gasteiger partial charge in [-0.3, -0.25) is 19.2 Å². The summed E-state index contributed by atoms with van der Waals surface area (Å²) in [6, 6.07) is 20.5. The smallest absolute Gasteiger partial charge is 0.305 e. The number of carboxylic acids is 1. The largest absolute Gasteiger partial charge is 0.481 e. The van der Waals surface area contributed by atoms with Crippen molar-refractivity contribution in [2.75, 3.05) is 36.4 Å². The molecular weight excluding hydrogens is 570 g/mol. The molecule has 5 rings (SSSR count). The van der Waals surface area contributed by atoms with E-state index in [-0.39, 0.29) is 24.2 Å². The quantitative estimate of drug-likeness (QED) is 0.314. The molecule has 0 radical (unpaired) electrons. The first-order valence-corrected chi connectivity index (χ1v) is 15.3. The molecular formula is C35H37N5O5. The molecule has 0 bridgehead atoms. The molecule has 10 nitrogen and oxygen atoms in total. The zero-order valence-corrected chi connectivity index (χ0v) is 25.3. The number of nitrogens with one attached hydrogen (secondary N) is 2. The van der Waals surface area contributed by atoms with Crippen molar-refractivity contribution in [3.63, 3.8) is 0 Å². The Morgan fingerprint density at radius 2 is 1.62 bits per heavy atom. The van der Waals surface area contributed by atoms with Gasteiger partial charge >= 0.3 is 5.97 Å². The van der Waals surface area contributed by atoms with Gasteiger partial charge in [0.2, 0.25) is 5.91 Å². The van der Waals surface area contributed by atoms with Gasteiger partial charge < -0.3 is 25.5 Å². The zero-order chi connectivity index (χ0) is 31.9. The molecule has 1 saturated heterocycles. The van der Waals surface area contributed by atoms with Crippen molar-refractivity contribution in [1.29, 1.82) is 5.26 Å². The summed E-state index contributed by atoms with van der Waals surface area (Å²) >= 11 is 0. The fraction of sp³-hybridized carbons (Fsp3) is 0.343. The van der Waals surface area contributed by atoms with Crippen LogP contribution in [0.2, 0.25) is 0 Å². The molecule has 1 aliphatic carbocycles. The molecule has 2 aliphatic rings. The van der Waals surface area contributed by atoms with E-state index in [0.717, 1.165) is 30.5 Å². The third-order valence-corrected chi connectivity index (χ3v) is 8.54. The fourth-order valence-corrected chi connectivity index (χ4v) is 5.66. The molecule has 1 unspecified atom stereocenters. The summed E-state index contributed by atoms with van der Waals surface area (Å²) in [4.78, 5) is 55.3. The van der Waals surface area contributed by atoms with Crippen LogP contribution in [0.15, 0.2) is 66.7 Å². The van der Waals surface area contributed by atoms with Crippen molar-refractivity contribution in [3.8, 4) is 6.07 Å². The molecule has 1 atom stereocenters. The van der Waals surface area contributed by atoms with Gasteiger partial charge in [0, 0.05) is 43.2 Å².